The fraction of sp³-hybridized carbons (Fsp3) is 0.182. The molecule has 19 heavy (non-hydrogen) atoms. The van der Waals surface area contributed by atoms with Crippen molar-refractivity contribution in [2.75, 3.05) is 0 Å². The molecule has 102 valence electrons. The average Bonchev–Trinajstić information content (AvgIpc) is 2.84. The Morgan fingerprint density at radius 3 is 2.68 bits per heavy atom. The van der Waals surface area contributed by atoms with Gasteiger partial charge < -0.3 is 0 Å². The molecule has 0 saturated heterocycles. The third-order valence-corrected chi connectivity index (χ3v) is 5.73. The predicted octanol–water partition coefficient (Wildman–Crippen LogP) is 2.72. The summed E-state index contributed by atoms with van der Waals surface area (Å²) >= 11 is 6.61. The second kappa shape index (κ2) is 5.74. The Labute approximate surface area is 128 Å². The number of sulfonamides is 1. The Morgan fingerprint density at radius 1 is 1.32 bits per heavy atom. The van der Waals surface area contributed by atoms with Gasteiger partial charge in [0.05, 0.1) is 17.1 Å². The lowest BCUT2D eigenvalue weighted by Gasteiger charge is -2.09. The monoisotopic (exact) mass is 407 g/mol. The third-order valence-electron chi connectivity index (χ3n) is 2.51. The number of nitrogens with one attached hydrogen (secondary N) is 2. The number of halogens is 2. The van der Waals surface area contributed by atoms with Gasteiger partial charge in [-0.2, -0.15) is 5.10 Å². The molecule has 8 heteroatoms. The first-order valence-electron chi connectivity index (χ1n) is 5.34. The molecule has 1 aromatic carbocycles. The minimum Gasteiger partial charge on any atom is -0.281 e. The van der Waals surface area contributed by atoms with Crippen LogP contribution in [0.15, 0.2) is 38.2 Å². The zero-order chi connectivity index (χ0) is 14.0. The van der Waals surface area contributed by atoms with Crippen molar-refractivity contribution in [3.8, 4) is 0 Å². The molecule has 0 fully saturated rings. The lowest BCUT2D eigenvalue weighted by Crippen LogP contribution is -2.24. The van der Waals surface area contributed by atoms with Crippen LogP contribution in [-0.2, 0) is 16.6 Å². The van der Waals surface area contributed by atoms with Gasteiger partial charge in [0.25, 0.3) is 0 Å². The molecule has 0 aliphatic heterocycles. The van der Waals surface area contributed by atoms with Gasteiger partial charge in [-0.3, -0.25) is 5.10 Å². The fourth-order valence-electron chi connectivity index (χ4n) is 1.47. The number of hydrogen-bond acceptors (Lipinski definition) is 3. The van der Waals surface area contributed by atoms with Crippen molar-refractivity contribution < 1.29 is 8.42 Å². The Bertz CT molecular complexity index is 684. The maximum Gasteiger partial charge on any atom is 0.242 e. The molecule has 1 aromatic heterocycles. The second-order valence-corrected chi connectivity index (χ2v) is 7.38. The topological polar surface area (TPSA) is 74.8 Å². The van der Waals surface area contributed by atoms with Gasteiger partial charge in [0.15, 0.2) is 0 Å². The van der Waals surface area contributed by atoms with Crippen LogP contribution in [0.5, 0.6) is 0 Å². The van der Waals surface area contributed by atoms with Crippen LogP contribution in [0.2, 0.25) is 0 Å². The van der Waals surface area contributed by atoms with Gasteiger partial charge in [0, 0.05) is 15.1 Å². The van der Waals surface area contributed by atoms with E-state index in [9.17, 15) is 8.42 Å². The summed E-state index contributed by atoms with van der Waals surface area (Å²) in [6.07, 6.45) is 1.57. The third kappa shape index (κ3) is 3.44. The van der Waals surface area contributed by atoms with E-state index in [2.05, 4.69) is 46.8 Å². The Balaban J connectivity index is 2.27. The van der Waals surface area contributed by atoms with Crippen LogP contribution >= 0.6 is 31.9 Å². The predicted molar refractivity (Wildman–Crippen MR) is 79.2 cm³/mol. The molecule has 2 rings (SSSR count). The molecule has 2 N–H and O–H groups in total. The largest absolute Gasteiger partial charge is 0.281 e. The zero-order valence-corrected chi connectivity index (χ0v) is 13.9. The van der Waals surface area contributed by atoms with E-state index in [1.807, 2.05) is 6.92 Å². The standard InChI is InChI=1S/C11H11Br2N3O2S/c1-7-4-10(13)11(5-9(7)12)19(17,18)15-6-8-2-3-14-16-8/h2-5,15H,6H2,1H3,(H,14,16). The van der Waals surface area contributed by atoms with Gasteiger partial charge in [0.2, 0.25) is 10.0 Å². The first-order valence-corrected chi connectivity index (χ1v) is 8.40. The molecule has 1 heterocycles. The van der Waals surface area contributed by atoms with E-state index in [0.29, 0.717) is 10.2 Å². The number of aromatic nitrogens is 2. The minimum atomic E-state index is -3.58. The summed E-state index contributed by atoms with van der Waals surface area (Å²) in [5, 5.41) is 6.46. The maximum atomic E-state index is 12.2. The molecule has 5 nitrogen and oxygen atoms in total. The van der Waals surface area contributed by atoms with Crippen LogP contribution < -0.4 is 4.72 Å². The molecule has 0 spiro atoms. The highest BCUT2D eigenvalue weighted by molar-refractivity contribution is 9.11. The molecule has 0 aliphatic carbocycles. The lowest BCUT2D eigenvalue weighted by molar-refractivity contribution is 0.579. The van der Waals surface area contributed by atoms with Crippen molar-refractivity contribution in [3.05, 3.63) is 44.6 Å². The van der Waals surface area contributed by atoms with E-state index >= 15 is 0 Å². The summed E-state index contributed by atoms with van der Waals surface area (Å²) in [7, 11) is -3.58. The van der Waals surface area contributed by atoms with Crippen LogP contribution in [0, 0.1) is 6.92 Å². The molecule has 0 atom stereocenters. The van der Waals surface area contributed by atoms with Crippen molar-refractivity contribution in [1.82, 2.24) is 14.9 Å². The summed E-state index contributed by atoms with van der Waals surface area (Å²) in [5.74, 6) is 0. The molecular formula is C11H11Br2N3O2S. The van der Waals surface area contributed by atoms with Gasteiger partial charge >= 0.3 is 0 Å². The van der Waals surface area contributed by atoms with Crippen molar-refractivity contribution in [2.24, 2.45) is 0 Å². The molecule has 0 amide bonds. The van der Waals surface area contributed by atoms with Gasteiger partial charge in [-0.25, -0.2) is 13.1 Å². The van der Waals surface area contributed by atoms with Crippen LogP contribution in [-0.4, -0.2) is 18.6 Å². The summed E-state index contributed by atoms with van der Waals surface area (Å²) in [4.78, 5) is 0.199. The SMILES string of the molecule is Cc1cc(Br)c(S(=O)(=O)NCc2ccn[nH]2)cc1Br. The van der Waals surface area contributed by atoms with Crippen LogP contribution in [0.25, 0.3) is 0 Å². The van der Waals surface area contributed by atoms with Crippen molar-refractivity contribution in [2.45, 2.75) is 18.4 Å². The summed E-state index contributed by atoms with van der Waals surface area (Å²) in [6.45, 7) is 2.06. The summed E-state index contributed by atoms with van der Waals surface area (Å²) < 4.78 is 28.2. The molecule has 2 aromatic rings. The quantitative estimate of drug-likeness (QED) is 0.816. The summed E-state index contributed by atoms with van der Waals surface area (Å²) in [6, 6.07) is 5.05. The maximum absolute atomic E-state index is 12.2. The normalized spacial score (nSPS) is 11.7. The molecule has 0 unspecified atom stereocenters. The van der Waals surface area contributed by atoms with Crippen molar-refractivity contribution in [3.63, 3.8) is 0 Å². The van der Waals surface area contributed by atoms with Gasteiger partial charge in [-0.1, -0.05) is 15.9 Å². The highest BCUT2D eigenvalue weighted by atomic mass is 79.9. The number of aromatic amines is 1. The van der Waals surface area contributed by atoms with E-state index in [0.717, 1.165) is 10.0 Å². The van der Waals surface area contributed by atoms with Gasteiger partial charge in [-0.05, 0) is 46.6 Å². The Kier molecular flexibility index (Phi) is 4.44. The zero-order valence-electron chi connectivity index (χ0n) is 9.94. The van der Waals surface area contributed by atoms with E-state index in [1.54, 1.807) is 24.4 Å². The number of benzene rings is 1. The number of rotatable bonds is 4. The number of nitrogens with zero attached hydrogens (tertiary/aromatic N) is 1. The smallest absolute Gasteiger partial charge is 0.242 e. The molecule has 0 bridgehead atoms. The van der Waals surface area contributed by atoms with Gasteiger partial charge in [0.1, 0.15) is 0 Å². The highest BCUT2D eigenvalue weighted by Crippen LogP contribution is 2.28. The number of H-pyrrole nitrogens is 1. The molecule has 0 radical (unpaired) electrons. The van der Waals surface area contributed by atoms with Crippen molar-refractivity contribution in [1.29, 1.82) is 0 Å². The molecule has 0 saturated carbocycles. The average molecular weight is 409 g/mol. The first kappa shape index (κ1) is 14.7. The van der Waals surface area contributed by atoms with E-state index in [1.165, 1.54) is 0 Å². The van der Waals surface area contributed by atoms with Crippen molar-refractivity contribution >= 4 is 41.9 Å². The highest BCUT2D eigenvalue weighted by Gasteiger charge is 2.18. The number of hydrogen-bond donors (Lipinski definition) is 2. The molecular weight excluding hydrogens is 398 g/mol. The summed E-state index contributed by atoms with van der Waals surface area (Å²) in [5.41, 5.74) is 1.66. The Hall–Kier alpha value is -0.700. The van der Waals surface area contributed by atoms with E-state index in [4.69, 9.17) is 0 Å². The van der Waals surface area contributed by atoms with Crippen LogP contribution in [0.1, 0.15) is 11.3 Å². The number of aryl methyl sites for hydroxylation is 1. The van der Waals surface area contributed by atoms with Crippen LogP contribution in [0.3, 0.4) is 0 Å². The lowest BCUT2D eigenvalue weighted by atomic mass is 10.2. The fourth-order valence-corrected chi connectivity index (χ4v) is 4.15. The first-order chi connectivity index (χ1) is 8.90. The van der Waals surface area contributed by atoms with Gasteiger partial charge in [-0.15, -0.1) is 0 Å². The van der Waals surface area contributed by atoms with E-state index in [-0.39, 0.29) is 11.4 Å². The second-order valence-electron chi connectivity index (χ2n) is 3.94. The van der Waals surface area contributed by atoms with Crippen LogP contribution in [0.4, 0.5) is 0 Å². The minimum absolute atomic E-state index is 0.167. The Morgan fingerprint density at radius 2 is 2.05 bits per heavy atom. The molecule has 0 aliphatic rings. The van der Waals surface area contributed by atoms with E-state index < -0.39 is 10.0 Å².